The first kappa shape index (κ1) is 22.6. The lowest BCUT2D eigenvalue weighted by Crippen LogP contribution is -2.46. The first-order chi connectivity index (χ1) is 15.6. The molecule has 1 aliphatic rings. The highest BCUT2D eigenvalue weighted by atomic mass is 32.2. The largest absolute Gasteiger partial charge is 0.420 e. The number of rotatable bonds is 6. The molecule has 1 N–H and O–H groups in total. The molecule has 13 heteroatoms. The van der Waals surface area contributed by atoms with Gasteiger partial charge in [-0.2, -0.15) is 4.31 Å². The molecule has 0 unspecified atom stereocenters. The van der Waals surface area contributed by atoms with E-state index in [0.29, 0.717) is 31.9 Å². The van der Waals surface area contributed by atoms with Crippen LogP contribution in [0.5, 0.6) is 0 Å². The molecular weight excluding hydrogens is 454 g/mol. The van der Waals surface area contributed by atoms with Crippen molar-refractivity contribution in [3.8, 4) is 0 Å². The summed E-state index contributed by atoms with van der Waals surface area (Å²) in [6.45, 7) is 1.75. The van der Waals surface area contributed by atoms with Gasteiger partial charge in [-0.3, -0.25) is 19.5 Å². The number of piperazine rings is 1. The minimum atomic E-state index is -3.62. The van der Waals surface area contributed by atoms with Crippen molar-refractivity contribution in [2.75, 3.05) is 38.5 Å². The first-order valence-electron chi connectivity index (χ1n) is 10.0. The molecule has 1 aromatic heterocycles. The summed E-state index contributed by atoms with van der Waals surface area (Å²) >= 11 is 0. The lowest BCUT2D eigenvalue weighted by atomic mass is 10.3. The Morgan fingerprint density at radius 3 is 2.42 bits per heavy atom. The molecule has 2 heterocycles. The van der Waals surface area contributed by atoms with Gasteiger partial charge < -0.3 is 14.6 Å². The Labute approximate surface area is 188 Å². The van der Waals surface area contributed by atoms with Gasteiger partial charge in [0.2, 0.25) is 15.9 Å². The maximum Gasteiger partial charge on any atom is 0.420 e. The highest BCUT2D eigenvalue weighted by Crippen LogP contribution is 2.21. The lowest BCUT2D eigenvalue weighted by molar-refractivity contribution is -0.384. The number of nitrogens with one attached hydrogen (secondary N) is 1. The molecule has 0 radical (unpaired) electrons. The molecular formula is C20H21N5O7S. The van der Waals surface area contributed by atoms with E-state index in [9.17, 15) is 28.1 Å². The van der Waals surface area contributed by atoms with Crippen LogP contribution in [0.1, 0.15) is 0 Å². The summed E-state index contributed by atoms with van der Waals surface area (Å²) in [5, 5.41) is 13.5. The third-order valence-electron chi connectivity index (χ3n) is 5.40. The van der Waals surface area contributed by atoms with E-state index in [1.54, 1.807) is 0 Å². The summed E-state index contributed by atoms with van der Waals surface area (Å²) in [7, 11) is -1.69. The van der Waals surface area contributed by atoms with Crippen molar-refractivity contribution in [3.63, 3.8) is 0 Å². The van der Waals surface area contributed by atoms with E-state index >= 15 is 0 Å². The van der Waals surface area contributed by atoms with Gasteiger partial charge in [0.25, 0.3) is 5.69 Å². The van der Waals surface area contributed by atoms with Crippen LogP contribution in [0.25, 0.3) is 11.1 Å². The number of hydrogen-bond donors (Lipinski definition) is 1. The van der Waals surface area contributed by atoms with Gasteiger partial charge in [0.15, 0.2) is 5.58 Å². The van der Waals surface area contributed by atoms with Crippen LogP contribution in [0.3, 0.4) is 0 Å². The Balaban J connectivity index is 1.46. The van der Waals surface area contributed by atoms with Crippen molar-refractivity contribution in [1.29, 1.82) is 0 Å². The van der Waals surface area contributed by atoms with Crippen LogP contribution in [-0.2, 0) is 21.4 Å². The number of sulfonamides is 1. The number of anilines is 1. The number of benzene rings is 2. The van der Waals surface area contributed by atoms with Crippen LogP contribution in [0.2, 0.25) is 0 Å². The molecule has 0 saturated carbocycles. The maximum atomic E-state index is 12.8. The van der Waals surface area contributed by atoms with Gasteiger partial charge in [-0.25, -0.2) is 13.2 Å². The third-order valence-corrected chi connectivity index (χ3v) is 7.32. The zero-order valence-electron chi connectivity index (χ0n) is 17.6. The molecule has 0 atom stereocenters. The summed E-state index contributed by atoms with van der Waals surface area (Å²) in [5.41, 5.74) is 0.364. The van der Waals surface area contributed by atoms with Crippen molar-refractivity contribution >= 4 is 38.4 Å². The second-order valence-corrected chi connectivity index (χ2v) is 9.58. The minimum absolute atomic E-state index is 0.000431. The van der Waals surface area contributed by atoms with E-state index in [1.165, 1.54) is 40.7 Å². The minimum Gasteiger partial charge on any atom is -0.407 e. The molecule has 174 valence electrons. The molecule has 1 saturated heterocycles. The summed E-state index contributed by atoms with van der Waals surface area (Å²) in [5.74, 6) is -1.37. The molecule has 0 spiro atoms. The fourth-order valence-corrected chi connectivity index (χ4v) is 4.97. The molecule has 4 rings (SSSR count). The third kappa shape index (κ3) is 4.65. The predicted molar refractivity (Wildman–Crippen MR) is 118 cm³/mol. The number of nitro benzene ring substituents is 1. The number of aromatic nitrogens is 1. The van der Waals surface area contributed by atoms with Gasteiger partial charge in [0, 0.05) is 37.9 Å². The summed E-state index contributed by atoms with van der Waals surface area (Å²) in [6, 6.07) is 9.45. The van der Waals surface area contributed by atoms with Crippen molar-refractivity contribution in [2.45, 2.75) is 11.4 Å². The summed E-state index contributed by atoms with van der Waals surface area (Å²) in [4.78, 5) is 37.0. The molecule has 1 amide bonds. The SMILES string of the molecule is CN1CCN(S(=O)(=O)c2ccc(NC(=O)Cn3c(=O)oc4cc([N+](=O)[O-])ccc43)cc2)CC1. The summed E-state index contributed by atoms with van der Waals surface area (Å²) < 4.78 is 33.1. The second-order valence-electron chi connectivity index (χ2n) is 7.64. The Morgan fingerprint density at radius 2 is 1.79 bits per heavy atom. The number of likely N-dealkylation sites (N-methyl/N-ethyl adjacent to an activating group) is 1. The molecule has 33 heavy (non-hydrogen) atoms. The van der Waals surface area contributed by atoms with Gasteiger partial charge >= 0.3 is 5.76 Å². The number of carbonyl (C=O) groups is 1. The highest BCUT2D eigenvalue weighted by molar-refractivity contribution is 7.89. The normalized spacial score (nSPS) is 15.5. The predicted octanol–water partition coefficient (Wildman–Crippen LogP) is 1.08. The fourth-order valence-electron chi connectivity index (χ4n) is 3.55. The molecule has 12 nitrogen and oxygen atoms in total. The Bertz CT molecular complexity index is 1370. The Morgan fingerprint density at radius 1 is 1.12 bits per heavy atom. The summed E-state index contributed by atoms with van der Waals surface area (Å²) in [6.07, 6.45) is 0. The van der Waals surface area contributed by atoms with Crippen molar-refractivity contribution in [1.82, 2.24) is 13.8 Å². The number of amides is 1. The zero-order valence-corrected chi connectivity index (χ0v) is 18.4. The molecule has 1 aliphatic heterocycles. The smallest absolute Gasteiger partial charge is 0.407 e. The van der Waals surface area contributed by atoms with Crippen LogP contribution < -0.4 is 11.1 Å². The standard InChI is InChI=1S/C20H21N5O7S/c1-22-8-10-23(11-9-22)33(30,31)16-5-2-14(3-6-16)21-19(26)13-24-17-7-4-15(25(28)29)12-18(17)32-20(24)27/h2-7,12H,8-11,13H2,1H3,(H,21,26). The zero-order chi connectivity index (χ0) is 23.8. The number of carbonyl (C=O) groups excluding carboxylic acids is 1. The van der Waals surface area contributed by atoms with Crippen LogP contribution in [0, 0.1) is 10.1 Å². The number of hydrogen-bond acceptors (Lipinski definition) is 8. The second kappa shape index (κ2) is 8.77. The quantitative estimate of drug-likeness (QED) is 0.411. The maximum absolute atomic E-state index is 12.8. The average Bonchev–Trinajstić information content (AvgIpc) is 3.08. The average molecular weight is 475 g/mol. The van der Waals surface area contributed by atoms with Crippen molar-refractivity contribution < 1.29 is 22.6 Å². The van der Waals surface area contributed by atoms with Gasteiger partial charge in [0.1, 0.15) is 6.54 Å². The van der Waals surface area contributed by atoms with Gasteiger partial charge in [-0.15, -0.1) is 0 Å². The Hall–Kier alpha value is -3.55. The number of fused-ring (bicyclic) bond motifs is 1. The van der Waals surface area contributed by atoms with E-state index in [0.717, 1.165) is 10.6 Å². The number of nitro groups is 1. The van der Waals surface area contributed by atoms with Crippen LogP contribution >= 0.6 is 0 Å². The Kier molecular flexibility index (Phi) is 6.01. The molecule has 2 aromatic carbocycles. The fraction of sp³-hybridized carbons (Fsp3) is 0.300. The van der Waals surface area contributed by atoms with E-state index in [4.69, 9.17) is 4.42 Å². The van der Waals surface area contributed by atoms with E-state index in [2.05, 4.69) is 10.2 Å². The van der Waals surface area contributed by atoms with E-state index in [1.807, 2.05) is 7.05 Å². The molecule has 1 fully saturated rings. The van der Waals surface area contributed by atoms with Gasteiger partial charge in [-0.1, -0.05) is 0 Å². The van der Waals surface area contributed by atoms with Crippen LogP contribution in [0.15, 0.2) is 56.6 Å². The van der Waals surface area contributed by atoms with Crippen molar-refractivity contribution in [2.24, 2.45) is 0 Å². The van der Waals surface area contributed by atoms with Gasteiger partial charge in [0.05, 0.1) is 21.4 Å². The number of oxazole rings is 1. The number of nitrogens with zero attached hydrogens (tertiary/aromatic N) is 4. The van der Waals surface area contributed by atoms with Crippen LogP contribution in [-0.4, -0.2) is 66.2 Å². The molecule has 0 aliphatic carbocycles. The highest BCUT2D eigenvalue weighted by Gasteiger charge is 2.27. The van der Waals surface area contributed by atoms with Gasteiger partial charge in [-0.05, 0) is 37.4 Å². The van der Waals surface area contributed by atoms with E-state index < -0.39 is 26.6 Å². The van der Waals surface area contributed by atoms with Crippen molar-refractivity contribution in [3.05, 3.63) is 63.1 Å². The first-order valence-corrected chi connectivity index (χ1v) is 11.5. The number of non-ortho nitro benzene ring substituents is 1. The molecule has 0 bridgehead atoms. The monoisotopic (exact) mass is 475 g/mol. The van der Waals surface area contributed by atoms with Crippen LogP contribution in [0.4, 0.5) is 11.4 Å². The lowest BCUT2D eigenvalue weighted by Gasteiger charge is -2.31. The molecule has 3 aromatic rings. The van der Waals surface area contributed by atoms with E-state index in [-0.39, 0.29) is 28.2 Å². The topological polar surface area (TPSA) is 148 Å².